The summed E-state index contributed by atoms with van der Waals surface area (Å²) >= 11 is 5.28. The molecule has 0 aliphatic carbocycles. The van der Waals surface area contributed by atoms with Gasteiger partial charge in [-0.2, -0.15) is 11.8 Å². The van der Waals surface area contributed by atoms with Gasteiger partial charge in [0, 0.05) is 6.54 Å². The molecule has 0 atom stereocenters. The van der Waals surface area contributed by atoms with E-state index in [0.29, 0.717) is 0 Å². The molecule has 0 aliphatic rings. The zero-order valence-electron chi connectivity index (χ0n) is 9.00. The third kappa shape index (κ3) is 6.17. The number of thioether (sulfide) groups is 1. The molecule has 1 aromatic rings. The first-order valence-electron chi connectivity index (χ1n) is 5.14. The molecule has 0 bridgehead atoms. The van der Waals surface area contributed by atoms with Gasteiger partial charge >= 0.3 is 0 Å². The maximum atomic E-state index is 4.36. The Hall–Kier alpha value is -0.0600. The Kier molecular flexibility index (Phi) is 7.05. The third-order valence-electron chi connectivity index (χ3n) is 2.03. The molecule has 0 saturated heterocycles. The van der Waals surface area contributed by atoms with Gasteiger partial charge in [0.1, 0.15) is 4.60 Å². The van der Waals surface area contributed by atoms with Crippen LogP contribution < -0.4 is 5.32 Å². The van der Waals surface area contributed by atoms with Crippen LogP contribution >= 0.6 is 27.7 Å². The SMILES string of the molecule is CSCCCCNCc1cccc(Br)n1. The first-order valence-corrected chi connectivity index (χ1v) is 7.32. The average Bonchev–Trinajstić information content (AvgIpc) is 2.23. The molecule has 0 amide bonds. The largest absolute Gasteiger partial charge is 0.311 e. The first kappa shape index (κ1) is 13.0. The summed E-state index contributed by atoms with van der Waals surface area (Å²) in [5.74, 6) is 1.26. The summed E-state index contributed by atoms with van der Waals surface area (Å²) in [5.41, 5.74) is 1.09. The van der Waals surface area contributed by atoms with Crippen LogP contribution in [0.1, 0.15) is 18.5 Å². The summed E-state index contributed by atoms with van der Waals surface area (Å²) in [7, 11) is 0. The summed E-state index contributed by atoms with van der Waals surface area (Å²) in [4.78, 5) is 4.36. The van der Waals surface area contributed by atoms with Gasteiger partial charge in [-0.05, 0) is 59.5 Å². The highest BCUT2D eigenvalue weighted by Gasteiger charge is 1.94. The normalized spacial score (nSPS) is 10.5. The van der Waals surface area contributed by atoms with Crippen LogP contribution in [0.15, 0.2) is 22.8 Å². The molecule has 1 rings (SSSR count). The number of nitrogens with zero attached hydrogens (tertiary/aromatic N) is 1. The predicted octanol–water partition coefficient (Wildman–Crippen LogP) is 3.08. The highest BCUT2D eigenvalue weighted by molar-refractivity contribution is 9.10. The molecule has 0 radical (unpaired) electrons. The predicted molar refractivity (Wildman–Crippen MR) is 71.3 cm³/mol. The highest BCUT2D eigenvalue weighted by Crippen LogP contribution is 2.05. The van der Waals surface area contributed by atoms with E-state index in [1.807, 2.05) is 30.0 Å². The van der Waals surface area contributed by atoms with Crippen molar-refractivity contribution in [3.05, 3.63) is 28.5 Å². The second-order valence-electron chi connectivity index (χ2n) is 3.33. The number of hydrogen-bond donors (Lipinski definition) is 1. The summed E-state index contributed by atoms with van der Waals surface area (Å²) in [6.45, 7) is 1.94. The van der Waals surface area contributed by atoms with Crippen LogP contribution in [-0.4, -0.2) is 23.5 Å². The van der Waals surface area contributed by atoms with Gasteiger partial charge in [-0.15, -0.1) is 0 Å². The van der Waals surface area contributed by atoms with Crippen molar-refractivity contribution < 1.29 is 0 Å². The van der Waals surface area contributed by atoms with E-state index in [1.54, 1.807) is 0 Å². The Morgan fingerprint density at radius 2 is 2.27 bits per heavy atom. The molecule has 2 nitrogen and oxygen atoms in total. The lowest BCUT2D eigenvalue weighted by atomic mass is 10.3. The molecule has 0 saturated carbocycles. The van der Waals surface area contributed by atoms with Crippen LogP contribution in [0.25, 0.3) is 0 Å². The Bertz CT molecular complexity index is 281. The summed E-state index contributed by atoms with van der Waals surface area (Å²) in [5, 5.41) is 3.40. The number of halogens is 1. The van der Waals surface area contributed by atoms with Gasteiger partial charge in [0.15, 0.2) is 0 Å². The maximum absolute atomic E-state index is 4.36. The molecule has 1 N–H and O–H groups in total. The highest BCUT2D eigenvalue weighted by atomic mass is 79.9. The van der Waals surface area contributed by atoms with E-state index in [9.17, 15) is 0 Å². The van der Waals surface area contributed by atoms with Crippen molar-refractivity contribution in [2.75, 3.05) is 18.6 Å². The van der Waals surface area contributed by atoms with Crippen molar-refractivity contribution in [2.45, 2.75) is 19.4 Å². The molecule has 1 heterocycles. The molecule has 1 aromatic heterocycles. The van der Waals surface area contributed by atoms with Crippen LogP contribution in [0.2, 0.25) is 0 Å². The Labute approximate surface area is 104 Å². The molecule has 15 heavy (non-hydrogen) atoms. The summed E-state index contributed by atoms with van der Waals surface area (Å²) in [6, 6.07) is 6.00. The minimum absolute atomic E-state index is 0.860. The molecule has 0 fully saturated rings. The van der Waals surface area contributed by atoms with E-state index in [0.717, 1.165) is 23.4 Å². The van der Waals surface area contributed by atoms with Crippen LogP contribution in [-0.2, 0) is 6.54 Å². The fourth-order valence-corrected chi connectivity index (χ4v) is 2.13. The quantitative estimate of drug-likeness (QED) is 0.617. The van der Waals surface area contributed by atoms with E-state index in [-0.39, 0.29) is 0 Å². The molecule has 4 heteroatoms. The number of pyridine rings is 1. The minimum Gasteiger partial charge on any atom is -0.311 e. The van der Waals surface area contributed by atoms with Crippen LogP contribution in [0.5, 0.6) is 0 Å². The molecule has 0 unspecified atom stereocenters. The van der Waals surface area contributed by atoms with Gasteiger partial charge in [-0.25, -0.2) is 4.98 Å². The second-order valence-corrected chi connectivity index (χ2v) is 5.13. The maximum Gasteiger partial charge on any atom is 0.106 e. The fourth-order valence-electron chi connectivity index (χ4n) is 1.26. The van der Waals surface area contributed by atoms with E-state index < -0.39 is 0 Å². The smallest absolute Gasteiger partial charge is 0.106 e. The van der Waals surface area contributed by atoms with Gasteiger partial charge < -0.3 is 5.32 Å². The van der Waals surface area contributed by atoms with Crippen molar-refractivity contribution in [1.82, 2.24) is 10.3 Å². The molecular weight excluding hydrogens is 272 g/mol. The number of unbranched alkanes of at least 4 members (excludes halogenated alkanes) is 1. The van der Waals surface area contributed by atoms with Crippen LogP contribution in [0.3, 0.4) is 0 Å². The van der Waals surface area contributed by atoms with Gasteiger partial charge in [-0.3, -0.25) is 0 Å². The van der Waals surface area contributed by atoms with E-state index in [2.05, 4.69) is 32.5 Å². The molecule has 0 aliphatic heterocycles. The van der Waals surface area contributed by atoms with Gasteiger partial charge in [-0.1, -0.05) is 6.07 Å². The topological polar surface area (TPSA) is 24.9 Å². The van der Waals surface area contributed by atoms with E-state index in [1.165, 1.54) is 18.6 Å². The average molecular weight is 289 g/mol. The summed E-state index contributed by atoms with van der Waals surface area (Å²) in [6.07, 6.45) is 4.69. The Morgan fingerprint density at radius 1 is 1.40 bits per heavy atom. The Morgan fingerprint density at radius 3 is 3.00 bits per heavy atom. The van der Waals surface area contributed by atoms with E-state index in [4.69, 9.17) is 0 Å². The Balaban J connectivity index is 2.10. The molecule has 0 spiro atoms. The number of hydrogen-bond acceptors (Lipinski definition) is 3. The standard InChI is InChI=1S/C11H17BrN2S/c1-15-8-3-2-7-13-9-10-5-4-6-11(12)14-10/h4-6,13H,2-3,7-9H2,1H3. The van der Waals surface area contributed by atoms with Gasteiger partial charge in [0.05, 0.1) is 5.69 Å². The number of nitrogens with one attached hydrogen (secondary N) is 1. The van der Waals surface area contributed by atoms with Gasteiger partial charge in [0.25, 0.3) is 0 Å². The van der Waals surface area contributed by atoms with Crippen molar-refractivity contribution in [1.29, 1.82) is 0 Å². The van der Waals surface area contributed by atoms with Gasteiger partial charge in [0.2, 0.25) is 0 Å². The molecule has 84 valence electrons. The number of aromatic nitrogens is 1. The lowest BCUT2D eigenvalue weighted by Gasteiger charge is -2.04. The van der Waals surface area contributed by atoms with Crippen molar-refractivity contribution in [3.63, 3.8) is 0 Å². The second kappa shape index (κ2) is 8.13. The molecular formula is C11H17BrN2S. The molecule has 0 aromatic carbocycles. The lowest BCUT2D eigenvalue weighted by Crippen LogP contribution is -2.15. The fraction of sp³-hybridized carbons (Fsp3) is 0.545. The zero-order valence-corrected chi connectivity index (χ0v) is 11.4. The number of rotatable bonds is 7. The minimum atomic E-state index is 0.860. The first-order chi connectivity index (χ1) is 7.33. The lowest BCUT2D eigenvalue weighted by molar-refractivity contribution is 0.635. The zero-order chi connectivity index (χ0) is 10.9. The summed E-state index contributed by atoms with van der Waals surface area (Å²) < 4.78 is 0.907. The van der Waals surface area contributed by atoms with Crippen molar-refractivity contribution >= 4 is 27.7 Å². The van der Waals surface area contributed by atoms with Crippen molar-refractivity contribution in [2.24, 2.45) is 0 Å². The van der Waals surface area contributed by atoms with Crippen molar-refractivity contribution in [3.8, 4) is 0 Å². The van der Waals surface area contributed by atoms with E-state index >= 15 is 0 Å². The monoisotopic (exact) mass is 288 g/mol. The van der Waals surface area contributed by atoms with Crippen LogP contribution in [0.4, 0.5) is 0 Å². The third-order valence-corrected chi connectivity index (χ3v) is 3.17. The van der Waals surface area contributed by atoms with Crippen LogP contribution in [0, 0.1) is 0 Å².